The molecule has 0 aromatic carbocycles. The number of amides is 1. The summed E-state index contributed by atoms with van der Waals surface area (Å²) in [6.07, 6.45) is 2.32. The zero-order chi connectivity index (χ0) is 10.8. The van der Waals surface area contributed by atoms with Gasteiger partial charge in [0, 0.05) is 6.54 Å². The minimum atomic E-state index is -0.478. The second-order valence-electron chi connectivity index (χ2n) is 4.53. The van der Waals surface area contributed by atoms with Crippen molar-refractivity contribution in [2.24, 2.45) is 0 Å². The number of hydrogen-bond acceptors (Lipinski definition) is 3. The lowest BCUT2D eigenvalue weighted by atomic mass is 10.1. The van der Waals surface area contributed by atoms with Gasteiger partial charge in [-0.2, -0.15) is 0 Å². The average molecular weight is 199 g/mol. The van der Waals surface area contributed by atoms with Gasteiger partial charge in [0.15, 0.2) is 0 Å². The first-order valence-corrected chi connectivity index (χ1v) is 4.88. The molecule has 4 nitrogen and oxygen atoms in total. The zero-order valence-electron chi connectivity index (χ0n) is 8.95. The van der Waals surface area contributed by atoms with Gasteiger partial charge in [0.2, 0.25) is 6.41 Å². The molecule has 1 aliphatic heterocycles. The van der Waals surface area contributed by atoms with Gasteiger partial charge in [-0.25, -0.2) is 4.79 Å². The maximum atomic E-state index is 11.6. The van der Waals surface area contributed by atoms with Crippen molar-refractivity contribution >= 4 is 12.4 Å². The summed E-state index contributed by atoms with van der Waals surface area (Å²) >= 11 is 0. The van der Waals surface area contributed by atoms with Gasteiger partial charge in [-0.15, -0.1) is 0 Å². The van der Waals surface area contributed by atoms with Gasteiger partial charge in [-0.1, -0.05) is 0 Å². The lowest BCUT2D eigenvalue weighted by molar-refractivity contribution is -0.161. The lowest BCUT2D eigenvalue weighted by Gasteiger charge is -2.25. The standard InChI is InChI=1S/C10H17NO3/c1-10(2,3)14-9(13)8-5-4-6-11(8)7-12/h7-8H,4-6H2,1-3H3/t8-/m0/s1. The van der Waals surface area contributed by atoms with Crippen LogP contribution in [0.2, 0.25) is 0 Å². The summed E-state index contributed by atoms with van der Waals surface area (Å²) in [4.78, 5) is 23.7. The summed E-state index contributed by atoms with van der Waals surface area (Å²) in [5, 5.41) is 0. The van der Waals surface area contributed by atoms with E-state index in [9.17, 15) is 9.59 Å². The molecule has 80 valence electrons. The van der Waals surface area contributed by atoms with Crippen molar-refractivity contribution < 1.29 is 14.3 Å². The fraction of sp³-hybridized carbons (Fsp3) is 0.800. The largest absolute Gasteiger partial charge is 0.458 e. The van der Waals surface area contributed by atoms with Crippen LogP contribution in [0.15, 0.2) is 0 Å². The predicted molar refractivity (Wildman–Crippen MR) is 51.6 cm³/mol. The van der Waals surface area contributed by atoms with E-state index in [1.807, 2.05) is 20.8 Å². The van der Waals surface area contributed by atoms with E-state index in [-0.39, 0.29) is 12.0 Å². The van der Waals surface area contributed by atoms with Gasteiger partial charge in [0.05, 0.1) is 0 Å². The van der Waals surface area contributed by atoms with Crippen LogP contribution >= 0.6 is 0 Å². The van der Waals surface area contributed by atoms with Crippen LogP contribution in [0.25, 0.3) is 0 Å². The van der Waals surface area contributed by atoms with Gasteiger partial charge in [-0.3, -0.25) is 4.79 Å². The Morgan fingerprint density at radius 1 is 1.50 bits per heavy atom. The highest BCUT2D eigenvalue weighted by atomic mass is 16.6. The molecule has 0 saturated carbocycles. The van der Waals surface area contributed by atoms with Crippen LogP contribution in [0.5, 0.6) is 0 Å². The number of esters is 1. The number of carbonyl (C=O) groups is 2. The summed E-state index contributed by atoms with van der Waals surface area (Å²) in [6, 6.07) is -0.369. The Balaban J connectivity index is 2.56. The second-order valence-corrected chi connectivity index (χ2v) is 4.53. The smallest absolute Gasteiger partial charge is 0.329 e. The quantitative estimate of drug-likeness (QED) is 0.491. The monoisotopic (exact) mass is 199 g/mol. The Morgan fingerprint density at radius 3 is 2.64 bits per heavy atom. The highest BCUT2D eigenvalue weighted by molar-refractivity contribution is 5.79. The predicted octanol–water partition coefficient (Wildman–Crippen LogP) is 0.949. The summed E-state index contributed by atoms with van der Waals surface area (Å²) in [5.74, 6) is -0.290. The van der Waals surface area contributed by atoms with E-state index in [0.717, 1.165) is 12.8 Å². The molecule has 14 heavy (non-hydrogen) atoms. The summed E-state index contributed by atoms with van der Waals surface area (Å²) < 4.78 is 5.21. The topological polar surface area (TPSA) is 46.6 Å². The molecule has 0 aliphatic carbocycles. The maximum absolute atomic E-state index is 11.6. The van der Waals surface area contributed by atoms with Gasteiger partial charge < -0.3 is 9.64 Å². The molecule has 1 atom stereocenters. The van der Waals surface area contributed by atoms with Crippen LogP contribution < -0.4 is 0 Å². The highest BCUT2D eigenvalue weighted by Gasteiger charge is 2.33. The zero-order valence-corrected chi connectivity index (χ0v) is 8.95. The molecule has 0 aromatic rings. The molecule has 1 heterocycles. The number of hydrogen-bond donors (Lipinski definition) is 0. The molecule has 1 aliphatic rings. The van der Waals surface area contributed by atoms with Crippen molar-refractivity contribution in [3.05, 3.63) is 0 Å². The maximum Gasteiger partial charge on any atom is 0.329 e. The molecule has 1 fully saturated rings. The molecule has 4 heteroatoms. The first-order chi connectivity index (χ1) is 6.44. The van der Waals surface area contributed by atoms with Crippen molar-refractivity contribution in [1.82, 2.24) is 4.90 Å². The SMILES string of the molecule is CC(C)(C)OC(=O)[C@@H]1CCCN1C=O. The molecule has 0 spiro atoms. The Hall–Kier alpha value is -1.06. The van der Waals surface area contributed by atoms with E-state index < -0.39 is 5.60 Å². The third-order valence-electron chi connectivity index (χ3n) is 2.11. The highest BCUT2D eigenvalue weighted by Crippen LogP contribution is 2.19. The molecule has 0 aromatic heterocycles. The Bertz CT molecular complexity index is 232. The van der Waals surface area contributed by atoms with E-state index in [1.54, 1.807) is 0 Å². The number of nitrogens with zero attached hydrogens (tertiary/aromatic N) is 1. The summed E-state index contributed by atoms with van der Waals surface area (Å²) in [7, 11) is 0. The lowest BCUT2D eigenvalue weighted by Crippen LogP contribution is -2.39. The van der Waals surface area contributed by atoms with Gasteiger partial charge in [0.25, 0.3) is 0 Å². The third kappa shape index (κ3) is 2.72. The van der Waals surface area contributed by atoms with Crippen molar-refractivity contribution in [2.45, 2.75) is 45.3 Å². The van der Waals surface area contributed by atoms with E-state index >= 15 is 0 Å². The number of ether oxygens (including phenoxy) is 1. The summed E-state index contributed by atoms with van der Waals surface area (Å²) in [6.45, 7) is 6.13. The van der Waals surface area contributed by atoms with E-state index in [1.165, 1.54) is 4.90 Å². The molecular weight excluding hydrogens is 182 g/mol. The van der Waals surface area contributed by atoms with Crippen molar-refractivity contribution in [3.8, 4) is 0 Å². The first-order valence-electron chi connectivity index (χ1n) is 4.88. The van der Waals surface area contributed by atoms with Crippen LogP contribution in [-0.4, -0.2) is 35.5 Å². The molecule has 1 rings (SSSR count). The summed E-state index contributed by atoms with van der Waals surface area (Å²) in [5.41, 5.74) is -0.478. The molecule has 1 saturated heterocycles. The fourth-order valence-electron chi connectivity index (χ4n) is 1.54. The van der Waals surface area contributed by atoms with E-state index in [0.29, 0.717) is 13.0 Å². The molecule has 0 radical (unpaired) electrons. The molecule has 1 amide bonds. The molecule has 0 bridgehead atoms. The Morgan fingerprint density at radius 2 is 2.14 bits per heavy atom. The average Bonchev–Trinajstić information content (AvgIpc) is 2.47. The molecule has 0 N–H and O–H groups in total. The van der Waals surface area contributed by atoms with Crippen LogP contribution in [0.4, 0.5) is 0 Å². The first kappa shape index (κ1) is 11.0. The Kier molecular flexibility index (Phi) is 3.13. The van der Waals surface area contributed by atoms with Crippen molar-refractivity contribution in [3.63, 3.8) is 0 Å². The second kappa shape index (κ2) is 3.98. The van der Waals surface area contributed by atoms with E-state index in [2.05, 4.69) is 0 Å². The van der Waals surface area contributed by atoms with E-state index in [4.69, 9.17) is 4.74 Å². The van der Waals surface area contributed by atoms with Crippen LogP contribution in [-0.2, 0) is 14.3 Å². The molecular formula is C10H17NO3. The van der Waals surface area contributed by atoms with Crippen LogP contribution in [0.3, 0.4) is 0 Å². The molecule has 0 unspecified atom stereocenters. The number of rotatable bonds is 2. The van der Waals surface area contributed by atoms with Gasteiger partial charge in [0.1, 0.15) is 11.6 Å². The third-order valence-corrected chi connectivity index (χ3v) is 2.11. The van der Waals surface area contributed by atoms with Gasteiger partial charge >= 0.3 is 5.97 Å². The number of likely N-dealkylation sites (tertiary alicyclic amines) is 1. The van der Waals surface area contributed by atoms with Gasteiger partial charge in [-0.05, 0) is 33.6 Å². The fourth-order valence-corrected chi connectivity index (χ4v) is 1.54. The number of carbonyl (C=O) groups excluding carboxylic acids is 2. The minimum absolute atomic E-state index is 0.290. The van der Waals surface area contributed by atoms with Crippen LogP contribution in [0.1, 0.15) is 33.6 Å². The normalized spacial score (nSPS) is 22.2. The van der Waals surface area contributed by atoms with Crippen molar-refractivity contribution in [2.75, 3.05) is 6.54 Å². The van der Waals surface area contributed by atoms with Crippen molar-refractivity contribution in [1.29, 1.82) is 0 Å². The minimum Gasteiger partial charge on any atom is -0.458 e. The Labute approximate surface area is 84.2 Å². The van der Waals surface area contributed by atoms with Crippen LogP contribution in [0, 0.1) is 0 Å².